The van der Waals surface area contributed by atoms with Crippen LogP contribution in [0, 0.1) is 0 Å². The maximum absolute atomic E-state index is 2.48. The van der Waals surface area contributed by atoms with Crippen molar-refractivity contribution in [3.63, 3.8) is 0 Å². The molecule has 3 aromatic carbocycles. The van der Waals surface area contributed by atoms with Crippen molar-refractivity contribution < 1.29 is 0 Å². The number of hydrogen-bond acceptors (Lipinski definition) is 0. The lowest BCUT2D eigenvalue weighted by Gasteiger charge is -2.27. The number of benzene rings is 3. The van der Waals surface area contributed by atoms with E-state index in [1.165, 1.54) is 47.9 Å². The summed E-state index contributed by atoms with van der Waals surface area (Å²) >= 11 is 0. The average Bonchev–Trinajstić information content (AvgIpc) is 2.67. The Hall–Kier alpha value is -2.34. The van der Waals surface area contributed by atoms with Gasteiger partial charge in [-0.3, -0.25) is 0 Å². The number of fused-ring (bicyclic) bond motifs is 1. The van der Waals surface area contributed by atoms with Crippen LogP contribution < -0.4 is 0 Å². The third-order valence-corrected chi connectivity index (χ3v) is 5.42. The van der Waals surface area contributed by atoms with Crippen LogP contribution in [0.15, 0.2) is 66.7 Å². The summed E-state index contributed by atoms with van der Waals surface area (Å²) in [5, 5.41) is 0. The van der Waals surface area contributed by atoms with Crippen LogP contribution in [0.1, 0.15) is 49.3 Å². The molecule has 0 heterocycles. The first-order valence-corrected chi connectivity index (χ1v) is 9.55. The SMILES string of the molecule is CC(C)c1c2c(cc(-c3ccccc3)c1-c1ccccc1)CCCC2. The number of aryl methyl sites for hydroxylation is 1. The molecule has 4 rings (SSSR count). The van der Waals surface area contributed by atoms with Crippen molar-refractivity contribution in [1.82, 2.24) is 0 Å². The minimum atomic E-state index is 0.533. The van der Waals surface area contributed by atoms with Crippen molar-refractivity contribution in [2.24, 2.45) is 0 Å². The Morgan fingerprint density at radius 1 is 0.720 bits per heavy atom. The molecule has 25 heavy (non-hydrogen) atoms. The molecule has 0 spiro atoms. The minimum Gasteiger partial charge on any atom is -0.0622 e. The lowest BCUT2D eigenvalue weighted by atomic mass is 9.77. The molecule has 0 N–H and O–H groups in total. The molecule has 0 aliphatic heterocycles. The van der Waals surface area contributed by atoms with E-state index in [0.717, 1.165) is 0 Å². The van der Waals surface area contributed by atoms with E-state index in [4.69, 9.17) is 0 Å². The van der Waals surface area contributed by atoms with Gasteiger partial charge in [-0.05, 0) is 70.5 Å². The monoisotopic (exact) mass is 326 g/mol. The summed E-state index contributed by atoms with van der Waals surface area (Å²) in [4.78, 5) is 0. The molecule has 0 saturated carbocycles. The standard InChI is InChI=1S/C25H26/c1-18(2)24-22-16-10-9-15-21(22)17-23(19-11-5-3-6-12-19)25(24)20-13-7-4-8-14-20/h3-8,11-14,17-18H,9-10,15-16H2,1-2H3. The van der Waals surface area contributed by atoms with Gasteiger partial charge in [0.2, 0.25) is 0 Å². The molecule has 126 valence electrons. The highest BCUT2D eigenvalue weighted by molar-refractivity contribution is 5.87. The van der Waals surface area contributed by atoms with Crippen molar-refractivity contribution in [2.75, 3.05) is 0 Å². The van der Waals surface area contributed by atoms with Crippen molar-refractivity contribution in [1.29, 1.82) is 0 Å². The highest BCUT2D eigenvalue weighted by Crippen LogP contribution is 2.43. The summed E-state index contributed by atoms with van der Waals surface area (Å²) in [6, 6.07) is 24.4. The van der Waals surface area contributed by atoms with Crippen LogP contribution in [0.3, 0.4) is 0 Å². The summed E-state index contributed by atoms with van der Waals surface area (Å²) in [6.07, 6.45) is 5.11. The molecular formula is C25H26. The van der Waals surface area contributed by atoms with Crippen LogP contribution in [-0.4, -0.2) is 0 Å². The van der Waals surface area contributed by atoms with E-state index in [1.54, 1.807) is 16.7 Å². The summed E-state index contributed by atoms with van der Waals surface area (Å²) in [5.74, 6) is 0.533. The molecule has 0 fully saturated rings. The smallest absolute Gasteiger partial charge is 0.00677 e. The first kappa shape index (κ1) is 16.1. The number of hydrogen-bond donors (Lipinski definition) is 0. The second-order valence-corrected chi connectivity index (χ2v) is 7.44. The zero-order chi connectivity index (χ0) is 17.2. The predicted octanol–water partition coefficient (Wildman–Crippen LogP) is 7.02. The van der Waals surface area contributed by atoms with Gasteiger partial charge in [0, 0.05) is 0 Å². The Labute approximate surface area is 151 Å². The molecule has 1 aliphatic rings. The van der Waals surface area contributed by atoms with Crippen LogP contribution in [0.4, 0.5) is 0 Å². The van der Waals surface area contributed by atoms with Crippen LogP contribution in [-0.2, 0) is 12.8 Å². The summed E-state index contributed by atoms with van der Waals surface area (Å²) < 4.78 is 0. The molecule has 0 saturated heterocycles. The fraction of sp³-hybridized carbons (Fsp3) is 0.280. The van der Waals surface area contributed by atoms with Gasteiger partial charge in [0.05, 0.1) is 0 Å². The lowest BCUT2D eigenvalue weighted by Crippen LogP contribution is -2.10. The van der Waals surface area contributed by atoms with E-state index in [2.05, 4.69) is 80.6 Å². The Morgan fingerprint density at radius 3 is 1.96 bits per heavy atom. The molecule has 0 radical (unpaired) electrons. The fourth-order valence-electron chi connectivity index (χ4n) is 4.34. The molecule has 0 nitrogen and oxygen atoms in total. The van der Waals surface area contributed by atoms with Gasteiger partial charge in [0.25, 0.3) is 0 Å². The van der Waals surface area contributed by atoms with Gasteiger partial charge >= 0.3 is 0 Å². The van der Waals surface area contributed by atoms with Crippen molar-refractivity contribution in [2.45, 2.75) is 45.4 Å². The highest BCUT2D eigenvalue weighted by atomic mass is 14.3. The van der Waals surface area contributed by atoms with E-state index in [0.29, 0.717) is 5.92 Å². The van der Waals surface area contributed by atoms with Crippen LogP contribution in [0.2, 0.25) is 0 Å². The van der Waals surface area contributed by atoms with Gasteiger partial charge in [-0.1, -0.05) is 80.6 Å². The van der Waals surface area contributed by atoms with E-state index < -0.39 is 0 Å². The summed E-state index contributed by atoms with van der Waals surface area (Å²) in [7, 11) is 0. The fourth-order valence-corrected chi connectivity index (χ4v) is 4.34. The van der Waals surface area contributed by atoms with Crippen LogP contribution in [0.25, 0.3) is 22.3 Å². The zero-order valence-corrected chi connectivity index (χ0v) is 15.3. The van der Waals surface area contributed by atoms with Gasteiger partial charge in [0.1, 0.15) is 0 Å². The molecule has 0 atom stereocenters. The van der Waals surface area contributed by atoms with E-state index in [9.17, 15) is 0 Å². The predicted molar refractivity (Wildman–Crippen MR) is 108 cm³/mol. The molecule has 0 unspecified atom stereocenters. The quantitative estimate of drug-likeness (QED) is 0.485. The van der Waals surface area contributed by atoms with Crippen LogP contribution in [0.5, 0.6) is 0 Å². The minimum absolute atomic E-state index is 0.533. The topological polar surface area (TPSA) is 0 Å². The highest BCUT2D eigenvalue weighted by Gasteiger charge is 2.23. The molecule has 3 aromatic rings. The van der Waals surface area contributed by atoms with Gasteiger partial charge < -0.3 is 0 Å². The molecule has 0 heteroatoms. The summed E-state index contributed by atoms with van der Waals surface area (Å²) in [5.41, 5.74) is 10.3. The van der Waals surface area contributed by atoms with E-state index >= 15 is 0 Å². The van der Waals surface area contributed by atoms with Crippen molar-refractivity contribution >= 4 is 0 Å². The average molecular weight is 326 g/mol. The Balaban J connectivity index is 2.07. The van der Waals surface area contributed by atoms with E-state index in [1.807, 2.05) is 0 Å². The maximum Gasteiger partial charge on any atom is -0.00677 e. The van der Waals surface area contributed by atoms with Gasteiger partial charge in [-0.2, -0.15) is 0 Å². The van der Waals surface area contributed by atoms with Gasteiger partial charge in [-0.25, -0.2) is 0 Å². The third-order valence-electron chi connectivity index (χ3n) is 5.42. The normalized spacial score (nSPS) is 13.7. The third kappa shape index (κ3) is 3.02. The second kappa shape index (κ2) is 6.88. The summed E-state index contributed by atoms with van der Waals surface area (Å²) in [6.45, 7) is 4.71. The van der Waals surface area contributed by atoms with Gasteiger partial charge in [-0.15, -0.1) is 0 Å². The Bertz CT molecular complexity index is 858. The molecule has 0 amide bonds. The molecule has 0 bridgehead atoms. The first-order chi connectivity index (χ1) is 12.3. The lowest BCUT2D eigenvalue weighted by molar-refractivity contribution is 0.671. The molecular weight excluding hydrogens is 300 g/mol. The molecule has 1 aliphatic carbocycles. The second-order valence-electron chi connectivity index (χ2n) is 7.44. The zero-order valence-electron chi connectivity index (χ0n) is 15.3. The van der Waals surface area contributed by atoms with Crippen LogP contribution >= 0.6 is 0 Å². The number of rotatable bonds is 3. The molecule has 0 aromatic heterocycles. The largest absolute Gasteiger partial charge is 0.0622 e. The van der Waals surface area contributed by atoms with E-state index in [-0.39, 0.29) is 0 Å². The van der Waals surface area contributed by atoms with Crippen molar-refractivity contribution in [3.05, 3.63) is 83.4 Å². The Kier molecular flexibility index (Phi) is 4.44. The van der Waals surface area contributed by atoms with Gasteiger partial charge in [0.15, 0.2) is 0 Å². The van der Waals surface area contributed by atoms with Crippen molar-refractivity contribution in [3.8, 4) is 22.3 Å². The maximum atomic E-state index is 2.48. The Morgan fingerprint density at radius 2 is 1.32 bits per heavy atom. The first-order valence-electron chi connectivity index (χ1n) is 9.55.